The summed E-state index contributed by atoms with van der Waals surface area (Å²) in [6.07, 6.45) is 7.18. The molecular weight excluding hydrogens is 300 g/mol. The van der Waals surface area contributed by atoms with Crippen LogP contribution in [0.5, 0.6) is 11.6 Å². The normalized spacial score (nSPS) is 35.8. The van der Waals surface area contributed by atoms with E-state index >= 15 is 0 Å². The number of ether oxygens (including phenoxy) is 2. The molecule has 122 valence electrons. The standard InChI is InChI=1S/C20H20N2O2/c1-2-17-19(21-9-1)24-18(12-23-17)13-3-5-14(6-4-13)20-10-15-7-8-16(11-20)22(15)20/h1-6,9,15-16,18H,7-8,10-12H2. The molecule has 3 saturated heterocycles. The van der Waals surface area contributed by atoms with E-state index in [2.05, 4.69) is 34.1 Å². The van der Waals surface area contributed by atoms with Gasteiger partial charge in [0.1, 0.15) is 6.61 Å². The SMILES string of the molecule is c1cnc2c(c1)OCC(c1ccc(C34CC5CCC(C3)N54)cc1)O2. The van der Waals surface area contributed by atoms with E-state index in [0.717, 1.165) is 17.8 Å². The van der Waals surface area contributed by atoms with Crippen LogP contribution in [0.15, 0.2) is 42.6 Å². The molecule has 5 heterocycles. The van der Waals surface area contributed by atoms with E-state index in [0.29, 0.717) is 18.0 Å². The Kier molecular flexibility index (Phi) is 2.49. The highest BCUT2D eigenvalue weighted by Gasteiger charge is 2.66. The number of rotatable bonds is 2. The third-order valence-electron chi connectivity index (χ3n) is 6.46. The largest absolute Gasteiger partial charge is 0.484 e. The van der Waals surface area contributed by atoms with Crippen LogP contribution in [0.3, 0.4) is 0 Å². The monoisotopic (exact) mass is 320 g/mol. The minimum atomic E-state index is -0.0750. The van der Waals surface area contributed by atoms with Crippen LogP contribution >= 0.6 is 0 Å². The van der Waals surface area contributed by atoms with Crippen LogP contribution in [0.2, 0.25) is 0 Å². The molecule has 6 rings (SSSR count). The first-order valence-electron chi connectivity index (χ1n) is 8.97. The Bertz CT molecular complexity index is 790. The summed E-state index contributed by atoms with van der Waals surface area (Å²) in [7, 11) is 0. The molecule has 0 bridgehead atoms. The molecule has 4 nitrogen and oxygen atoms in total. The van der Waals surface area contributed by atoms with Gasteiger partial charge in [0, 0.05) is 23.8 Å². The van der Waals surface area contributed by atoms with E-state index in [4.69, 9.17) is 9.47 Å². The molecule has 0 amide bonds. The summed E-state index contributed by atoms with van der Waals surface area (Å²) in [5.41, 5.74) is 3.01. The van der Waals surface area contributed by atoms with Gasteiger partial charge in [0.15, 0.2) is 11.9 Å². The van der Waals surface area contributed by atoms with Crippen molar-refractivity contribution < 1.29 is 9.47 Å². The van der Waals surface area contributed by atoms with Crippen LogP contribution in [-0.2, 0) is 5.54 Å². The Morgan fingerprint density at radius 3 is 2.62 bits per heavy atom. The van der Waals surface area contributed by atoms with Crippen molar-refractivity contribution in [1.29, 1.82) is 0 Å². The van der Waals surface area contributed by atoms with Crippen LogP contribution in [0.1, 0.15) is 42.9 Å². The van der Waals surface area contributed by atoms with Crippen LogP contribution in [0.25, 0.3) is 0 Å². The van der Waals surface area contributed by atoms with Crippen molar-refractivity contribution >= 4 is 0 Å². The van der Waals surface area contributed by atoms with Crippen LogP contribution < -0.4 is 9.47 Å². The van der Waals surface area contributed by atoms with E-state index in [1.807, 2.05) is 12.1 Å². The zero-order valence-electron chi connectivity index (χ0n) is 13.5. The minimum absolute atomic E-state index is 0.0750. The smallest absolute Gasteiger partial charge is 0.257 e. The maximum Gasteiger partial charge on any atom is 0.257 e. The maximum atomic E-state index is 6.02. The summed E-state index contributed by atoms with van der Waals surface area (Å²) in [5, 5.41) is 0. The van der Waals surface area contributed by atoms with E-state index in [1.165, 1.54) is 36.8 Å². The fourth-order valence-electron chi connectivity index (χ4n) is 5.38. The number of piperidine rings is 1. The lowest BCUT2D eigenvalue weighted by molar-refractivity contribution is -0.171. The molecule has 1 aromatic carbocycles. The Labute approximate surface area is 141 Å². The molecule has 3 fully saturated rings. The van der Waals surface area contributed by atoms with Gasteiger partial charge < -0.3 is 9.47 Å². The first-order chi connectivity index (χ1) is 11.8. The van der Waals surface area contributed by atoms with E-state index < -0.39 is 0 Å². The number of fused-ring (bicyclic) bond motifs is 1. The third kappa shape index (κ3) is 1.59. The van der Waals surface area contributed by atoms with Crippen molar-refractivity contribution in [3.05, 3.63) is 53.7 Å². The van der Waals surface area contributed by atoms with Gasteiger partial charge in [-0.25, -0.2) is 4.98 Å². The lowest BCUT2D eigenvalue weighted by atomic mass is 9.64. The second-order valence-corrected chi connectivity index (χ2v) is 7.58. The third-order valence-corrected chi connectivity index (χ3v) is 6.46. The molecule has 4 aliphatic heterocycles. The van der Waals surface area contributed by atoms with E-state index in [9.17, 15) is 0 Å². The highest BCUT2D eigenvalue weighted by atomic mass is 16.6. The molecular formula is C20H20N2O2. The molecule has 1 aromatic heterocycles. The van der Waals surface area contributed by atoms with Gasteiger partial charge in [0.2, 0.25) is 0 Å². The van der Waals surface area contributed by atoms with Crippen molar-refractivity contribution in [2.24, 2.45) is 0 Å². The first-order valence-corrected chi connectivity index (χ1v) is 8.97. The molecule has 0 spiro atoms. The second kappa shape index (κ2) is 4.51. The maximum absolute atomic E-state index is 6.02. The number of hydrogen-bond acceptors (Lipinski definition) is 4. The quantitative estimate of drug-likeness (QED) is 0.849. The average Bonchev–Trinajstić information content (AvgIpc) is 2.77. The van der Waals surface area contributed by atoms with E-state index in [-0.39, 0.29) is 6.10 Å². The fourth-order valence-corrected chi connectivity index (χ4v) is 5.38. The van der Waals surface area contributed by atoms with Gasteiger partial charge in [-0.2, -0.15) is 0 Å². The Morgan fingerprint density at radius 2 is 1.83 bits per heavy atom. The lowest BCUT2D eigenvalue weighted by Gasteiger charge is -2.67. The zero-order chi connectivity index (χ0) is 15.7. The predicted molar refractivity (Wildman–Crippen MR) is 89.1 cm³/mol. The second-order valence-electron chi connectivity index (χ2n) is 7.58. The van der Waals surface area contributed by atoms with Crippen LogP contribution in [0, 0.1) is 0 Å². The van der Waals surface area contributed by atoms with Gasteiger partial charge >= 0.3 is 0 Å². The number of pyridine rings is 1. The van der Waals surface area contributed by atoms with Crippen molar-refractivity contribution in [3.63, 3.8) is 0 Å². The molecule has 2 aromatic rings. The topological polar surface area (TPSA) is 34.6 Å². The summed E-state index contributed by atoms with van der Waals surface area (Å²) < 4.78 is 11.8. The van der Waals surface area contributed by atoms with Crippen molar-refractivity contribution in [3.8, 4) is 11.6 Å². The molecule has 4 aliphatic rings. The van der Waals surface area contributed by atoms with E-state index in [1.54, 1.807) is 6.20 Å². The molecule has 0 radical (unpaired) electrons. The summed E-state index contributed by atoms with van der Waals surface area (Å²) >= 11 is 0. The van der Waals surface area contributed by atoms with Crippen LogP contribution in [0.4, 0.5) is 0 Å². The Balaban J connectivity index is 1.25. The van der Waals surface area contributed by atoms with Gasteiger partial charge in [-0.05, 0) is 48.9 Å². The molecule has 0 N–H and O–H groups in total. The molecule has 24 heavy (non-hydrogen) atoms. The lowest BCUT2D eigenvalue weighted by Crippen LogP contribution is -2.72. The summed E-state index contributed by atoms with van der Waals surface area (Å²) in [6.45, 7) is 0.541. The van der Waals surface area contributed by atoms with Crippen molar-refractivity contribution in [2.75, 3.05) is 6.61 Å². The van der Waals surface area contributed by atoms with Crippen molar-refractivity contribution in [1.82, 2.24) is 9.88 Å². The number of benzene rings is 1. The number of nitrogens with zero attached hydrogens (tertiary/aromatic N) is 2. The summed E-state index contributed by atoms with van der Waals surface area (Å²) in [4.78, 5) is 7.03. The molecule has 0 saturated carbocycles. The number of hydrogen-bond donors (Lipinski definition) is 0. The Morgan fingerprint density at radius 1 is 1.04 bits per heavy atom. The molecule has 3 atom stereocenters. The van der Waals surface area contributed by atoms with Gasteiger partial charge in [-0.15, -0.1) is 0 Å². The zero-order valence-corrected chi connectivity index (χ0v) is 13.5. The fraction of sp³-hybridized carbons (Fsp3) is 0.450. The minimum Gasteiger partial charge on any atom is -0.484 e. The van der Waals surface area contributed by atoms with Gasteiger partial charge in [0.05, 0.1) is 0 Å². The average molecular weight is 320 g/mol. The van der Waals surface area contributed by atoms with Gasteiger partial charge in [-0.1, -0.05) is 24.3 Å². The Hall–Kier alpha value is -2.07. The van der Waals surface area contributed by atoms with Crippen molar-refractivity contribution in [2.45, 2.75) is 49.4 Å². The summed E-state index contributed by atoms with van der Waals surface area (Å²) in [5.74, 6) is 1.33. The molecule has 4 heteroatoms. The van der Waals surface area contributed by atoms with Crippen LogP contribution in [-0.4, -0.2) is 28.6 Å². The highest BCUT2D eigenvalue weighted by molar-refractivity contribution is 5.39. The first kappa shape index (κ1) is 13.2. The predicted octanol–water partition coefficient (Wildman–Crippen LogP) is 3.43. The summed E-state index contributed by atoms with van der Waals surface area (Å²) in [6, 6.07) is 14.5. The van der Waals surface area contributed by atoms with Gasteiger partial charge in [-0.3, -0.25) is 4.90 Å². The molecule has 3 unspecified atom stereocenters. The van der Waals surface area contributed by atoms with Gasteiger partial charge in [0.25, 0.3) is 5.88 Å². The highest BCUT2D eigenvalue weighted by Crippen LogP contribution is 2.63. The number of aromatic nitrogens is 1. The molecule has 0 aliphatic carbocycles.